The molecule has 1 aromatic rings. The number of hydrogen-bond donors (Lipinski definition) is 1. The molecule has 2 heterocycles. The number of ether oxygens (including phenoxy) is 2. The van der Waals surface area contributed by atoms with Gasteiger partial charge in [0.25, 0.3) is 0 Å². The maximum Gasteiger partial charge on any atom is 0.411 e. The van der Waals surface area contributed by atoms with Crippen LogP contribution in [0.1, 0.15) is 43.1 Å². The van der Waals surface area contributed by atoms with E-state index in [9.17, 15) is 9.59 Å². The highest BCUT2D eigenvalue weighted by Gasteiger charge is 2.40. The Bertz CT molecular complexity index is 768. The van der Waals surface area contributed by atoms with Crippen LogP contribution < -0.4 is 0 Å². The van der Waals surface area contributed by atoms with Gasteiger partial charge in [-0.2, -0.15) is 0 Å². The van der Waals surface area contributed by atoms with Crippen LogP contribution in [0.15, 0.2) is 24.3 Å². The number of carbonyl (C=O) groups is 2. The lowest BCUT2D eigenvalue weighted by Gasteiger charge is -2.44. The molecular weight excluding hydrogens is 358 g/mol. The van der Waals surface area contributed by atoms with Crippen LogP contribution in [0.2, 0.25) is 5.02 Å². The van der Waals surface area contributed by atoms with Crippen molar-refractivity contribution >= 4 is 29.2 Å². The molecule has 0 radical (unpaired) electrons. The number of nitrogens with zero attached hydrogens (tertiary/aromatic N) is 1. The van der Waals surface area contributed by atoms with Gasteiger partial charge in [-0.05, 0) is 50.5 Å². The van der Waals surface area contributed by atoms with Crippen molar-refractivity contribution in [2.75, 3.05) is 13.2 Å². The van der Waals surface area contributed by atoms with Crippen LogP contribution in [0.3, 0.4) is 0 Å². The molecule has 6 nitrogen and oxygen atoms in total. The van der Waals surface area contributed by atoms with Crippen molar-refractivity contribution in [1.82, 2.24) is 4.90 Å². The average Bonchev–Trinajstić information content (AvgIpc) is 2.51. The largest absolute Gasteiger partial charge is 0.478 e. The summed E-state index contributed by atoms with van der Waals surface area (Å²) in [4.78, 5) is 25.4. The van der Waals surface area contributed by atoms with Crippen molar-refractivity contribution in [3.05, 3.63) is 40.4 Å². The van der Waals surface area contributed by atoms with Crippen LogP contribution in [0.4, 0.5) is 4.79 Å². The minimum absolute atomic E-state index is 0.0748. The second kappa shape index (κ2) is 6.93. The molecule has 3 rings (SSSR count). The Morgan fingerprint density at radius 1 is 1.31 bits per heavy atom. The summed E-state index contributed by atoms with van der Waals surface area (Å²) in [5.74, 6) is -1.06. The highest BCUT2D eigenvalue weighted by Crippen LogP contribution is 2.34. The minimum Gasteiger partial charge on any atom is -0.478 e. The molecule has 1 amide bonds. The zero-order valence-corrected chi connectivity index (χ0v) is 15.7. The van der Waals surface area contributed by atoms with Crippen LogP contribution in [-0.2, 0) is 9.47 Å². The van der Waals surface area contributed by atoms with Crippen LogP contribution in [0, 0.1) is 0 Å². The number of benzene rings is 1. The average molecular weight is 380 g/mol. The highest BCUT2D eigenvalue weighted by atomic mass is 35.5. The van der Waals surface area contributed by atoms with Crippen molar-refractivity contribution in [2.45, 2.75) is 44.9 Å². The first-order chi connectivity index (χ1) is 12.2. The quantitative estimate of drug-likeness (QED) is 0.845. The Labute approximate surface area is 157 Å². The summed E-state index contributed by atoms with van der Waals surface area (Å²) in [6, 6.07) is 4.58. The van der Waals surface area contributed by atoms with E-state index in [0.717, 1.165) is 11.1 Å². The molecule has 2 bridgehead atoms. The summed E-state index contributed by atoms with van der Waals surface area (Å²) < 4.78 is 11.1. The van der Waals surface area contributed by atoms with Gasteiger partial charge < -0.3 is 14.6 Å². The van der Waals surface area contributed by atoms with Crippen molar-refractivity contribution in [2.24, 2.45) is 0 Å². The Morgan fingerprint density at radius 2 is 2.04 bits per heavy atom. The molecule has 1 N–H and O–H groups in total. The Morgan fingerprint density at radius 3 is 2.62 bits per heavy atom. The van der Waals surface area contributed by atoms with Gasteiger partial charge in [0.2, 0.25) is 0 Å². The lowest BCUT2D eigenvalue weighted by molar-refractivity contribution is -0.0510. The molecule has 0 aromatic heterocycles. The first kappa shape index (κ1) is 18.7. The van der Waals surface area contributed by atoms with Crippen LogP contribution in [0.25, 0.3) is 5.57 Å². The van der Waals surface area contributed by atoms with Crippen molar-refractivity contribution in [1.29, 1.82) is 0 Å². The van der Waals surface area contributed by atoms with Crippen molar-refractivity contribution < 1.29 is 24.2 Å². The number of carbonyl (C=O) groups excluding carboxylic acids is 1. The van der Waals surface area contributed by atoms with Crippen LogP contribution in [-0.4, -0.2) is 53.0 Å². The fraction of sp³-hybridized carbons (Fsp3) is 0.474. The van der Waals surface area contributed by atoms with Gasteiger partial charge in [0.1, 0.15) is 5.60 Å². The number of hydrogen-bond acceptors (Lipinski definition) is 4. The second-order valence-corrected chi connectivity index (χ2v) is 7.95. The summed E-state index contributed by atoms with van der Waals surface area (Å²) in [6.07, 6.45) is 2.23. The number of aromatic carboxylic acids is 1. The maximum absolute atomic E-state index is 12.6. The zero-order chi connectivity index (χ0) is 19.1. The van der Waals surface area contributed by atoms with Crippen LogP contribution >= 0.6 is 11.6 Å². The van der Waals surface area contributed by atoms with Crippen molar-refractivity contribution in [3.8, 4) is 0 Å². The predicted octanol–water partition coefficient (Wildman–Crippen LogP) is 3.83. The predicted molar refractivity (Wildman–Crippen MR) is 97.5 cm³/mol. The van der Waals surface area contributed by atoms with Gasteiger partial charge >= 0.3 is 12.1 Å². The summed E-state index contributed by atoms with van der Waals surface area (Å²) in [7, 11) is 0. The molecule has 2 aliphatic heterocycles. The van der Waals surface area contributed by atoms with Crippen LogP contribution in [0.5, 0.6) is 0 Å². The summed E-state index contributed by atoms with van der Waals surface area (Å²) in [5, 5.41) is 9.31. The number of carboxylic acid groups (broad SMARTS) is 1. The van der Waals surface area contributed by atoms with E-state index in [4.69, 9.17) is 26.2 Å². The number of morpholine rings is 1. The summed E-state index contributed by atoms with van der Waals surface area (Å²) >= 11 is 6.10. The van der Waals surface area contributed by atoms with E-state index in [-0.39, 0.29) is 28.8 Å². The molecular formula is C19H22ClNO5. The Balaban J connectivity index is 1.87. The van der Waals surface area contributed by atoms with Gasteiger partial charge in [0.05, 0.1) is 35.9 Å². The number of amides is 1. The number of fused-ring (bicyclic) bond motifs is 2. The van der Waals surface area contributed by atoms with Gasteiger partial charge in [0, 0.05) is 0 Å². The molecule has 1 aromatic carbocycles. The summed E-state index contributed by atoms with van der Waals surface area (Å²) in [6.45, 7) is 6.37. The molecule has 140 valence electrons. The molecule has 0 spiro atoms. The van der Waals surface area contributed by atoms with E-state index in [2.05, 4.69) is 0 Å². The first-order valence-corrected chi connectivity index (χ1v) is 8.86. The van der Waals surface area contributed by atoms with Gasteiger partial charge in [-0.25, -0.2) is 9.59 Å². The fourth-order valence-electron chi connectivity index (χ4n) is 3.30. The van der Waals surface area contributed by atoms with Gasteiger partial charge in [-0.15, -0.1) is 0 Å². The molecule has 2 unspecified atom stereocenters. The molecule has 26 heavy (non-hydrogen) atoms. The van der Waals surface area contributed by atoms with Gasteiger partial charge in [0.15, 0.2) is 0 Å². The normalized spacial score (nSPS) is 22.6. The van der Waals surface area contributed by atoms with E-state index in [1.54, 1.807) is 17.0 Å². The maximum atomic E-state index is 12.6. The van der Waals surface area contributed by atoms with E-state index in [1.165, 1.54) is 6.07 Å². The Kier molecular flexibility index (Phi) is 4.99. The molecule has 2 atom stereocenters. The zero-order valence-electron chi connectivity index (χ0n) is 15.0. The van der Waals surface area contributed by atoms with E-state index >= 15 is 0 Å². The summed E-state index contributed by atoms with van der Waals surface area (Å²) in [5.41, 5.74) is 1.41. The number of rotatable bonds is 2. The molecule has 1 saturated heterocycles. The minimum atomic E-state index is -1.06. The third kappa shape index (κ3) is 3.86. The van der Waals surface area contributed by atoms with E-state index in [0.29, 0.717) is 19.6 Å². The van der Waals surface area contributed by atoms with Crippen molar-refractivity contribution in [3.63, 3.8) is 0 Å². The third-order valence-electron chi connectivity index (χ3n) is 4.37. The van der Waals surface area contributed by atoms with Gasteiger partial charge in [-0.1, -0.05) is 23.7 Å². The highest BCUT2D eigenvalue weighted by molar-refractivity contribution is 6.33. The third-order valence-corrected chi connectivity index (χ3v) is 4.69. The standard InChI is InChI=1S/C19H22ClNO5/c1-19(2,3)26-18(24)21-13-6-12(7-14(21)10-25-9-13)11-4-5-15(17(22)23)16(20)8-11/h4-6,8,13-14H,7,9-10H2,1-3H3,(H,22,23). The lowest BCUT2D eigenvalue weighted by Crippen LogP contribution is -2.57. The first-order valence-electron chi connectivity index (χ1n) is 8.48. The lowest BCUT2D eigenvalue weighted by atomic mass is 9.89. The van der Waals surface area contributed by atoms with Gasteiger partial charge in [-0.3, -0.25) is 4.90 Å². The monoisotopic (exact) mass is 379 g/mol. The fourth-order valence-corrected chi connectivity index (χ4v) is 3.56. The second-order valence-electron chi connectivity index (χ2n) is 7.54. The molecule has 7 heteroatoms. The molecule has 1 fully saturated rings. The smallest absolute Gasteiger partial charge is 0.411 e. The Hall–Kier alpha value is -2.05. The molecule has 2 aliphatic rings. The van der Waals surface area contributed by atoms with E-state index in [1.807, 2.05) is 26.8 Å². The SMILES string of the molecule is CC(C)(C)OC(=O)N1C2C=C(c3ccc(C(=O)O)c(Cl)c3)CC1COC2. The molecule has 0 aliphatic carbocycles. The topological polar surface area (TPSA) is 76.1 Å². The number of carboxylic acids is 1. The molecule has 0 saturated carbocycles. The number of halogens is 1. The van der Waals surface area contributed by atoms with E-state index < -0.39 is 11.6 Å².